The van der Waals surface area contributed by atoms with Gasteiger partial charge >= 0.3 is 18.2 Å². The monoisotopic (exact) mass is 401 g/mol. The first-order valence-corrected chi connectivity index (χ1v) is 9.07. The van der Waals surface area contributed by atoms with Crippen LogP contribution < -0.4 is 10.2 Å². The van der Waals surface area contributed by atoms with Crippen LogP contribution in [0.1, 0.15) is 39.3 Å². The summed E-state index contributed by atoms with van der Waals surface area (Å²) in [6, 6.07) is 7.15. The second kappa shape index (κ2) is 8.28. The summed E-state index contributed by atoms with van der Waals surface area (Å²) >= 11 is 0. The summed E-state index contributed by atoms with van der Waals surface area (Å²) in [5, 5.41) is 2.76. The molecule has 0 spiro atoms. The SMILES string of the molecule is C[C@H](NC(=O)OC(C)(C)C)c1ccc(N2CCN(C(=O)C(F)(F)F)CC2)cc1. The molecule has 9 heteroatoms. The van der Waals surface area contributed by atoms with Gasteiger partial charge < -0.3 is 19.9 Å². The van der Waals surface area contributed by atoms with Gasteiger partial charge in [-0.3, -0.25) is 4.79 Å². The number of nitrogens with zero attached hydrogens (tertiary/aromatic N) is 2. The Bertz CT molecular complexity index is 691. The van der Waals surface area contributed by atoms with Crippen LogP contribution in [0, 0.1) is 0 Å². The first-order chi connectivity index (χ1) is 12.9. The van der Waals surface area contributed by atoms with E-state index in [1.807, 2.05) is 36.1 Å². The van der Waals surface area contributed by atoms with Gasteiger partial charge in [0.1, 0.15) is 5.60 Å². The van der Waals surface area contributed by atoms with Gasteiger partial charge in [0.25, 0.3) is 0 Å². The van der Waals surface area contributed by atoms with E-state index in [9.17, 15) is 22.8 Å². The van der Waals surface area contributed by atoms with Crippen molar-refractivity contribution in [2.24, 2.45) is 0 Å². The zero-order chi connectivity index (χ0) is 21.1. The molecule has 156 valence electrons. The number of piperazine rings is 1. The van der Waals surface area contributed by atoms with E-state index in [2.05, 4.69) is 5.32 Å². The van der Waals surface area contributed by atoms with Gasteiger partial charge in [-0.15, -0.1) is 0 Å². The minimum Gasteiger partial charge on any atom is -0.444 e. The lowest BCUT2D eigenvalue weighted by Gasteiger charge is -2.36. The third kappa shape index (κ3) is 6.03. The molecule has 1 aliphatic heterocycles. The van der Waals surface area contributed by atoms with E-state index >= 15 is 0 Å². The fraction of sp³-hybridized carbons (Fsp3) is 0.579. The lowest BCUT2D eigenvalue weighted by Crippen LogP contribution is -2.52. The molecule has 1 N–H and O–H groups in total. The van der Waals surface area contributed by atoms with Crippen LogP contribution in [-0.4, -0.2) is 54.9 Å². The highest BCUT2D eigenvalue weighted by Crippen LogP contribution is 2.23. The van der Waals surface area contributed by atoms with E-state index in [0.717, 1.165) is 16.2 Å². The fourth-order valence-corrected chi connectivity index (χ4v) is 2.89. The van der Waals surface area contributed by atoms with E-state index < -0.39 is 23.8 Å². The first kappa shape index (κ1) is 21.8. The number of alkyl carbamates (subject to hydrolysis) is 1. The zero-order valence-corrected chi connectivity index (χ0v) is 16.5. The van der Waals surface area contributed by atoms with Crippen LogP contribution in [0.2, 0.25) is 0 Å². The highest BCUT2D eigenvalue weighted by Gasteiger charge is 2.43. The van der Waals surface area contributed by atoms with E-state index in [1.54, 1.807) is 20.8 Å². The molecule has 1 fully saturated rings. The average molecular weight is 401 g/mol. The minimum absolute atomic E-state index is 0.0245. The molecule has 0 radical (unpaired) electrons. The fourth-order valence-electron chi connectivity index (χ4n) is 2.89. The van der Waals surface area contributed by atoms with Gasteiger partial charge in [0.05, 0.1) is 6.04 Å². The quantitative estimate of drug-likeness (QED) is 0.842. The highest BCUT2D eigenvalue weighted by molar-refractivity contribution is 5.82. The Morgan fingerprint density at radius 1 is 1.04 bits per heavy atom. The molecule has 1 saturated heterocycles. The maximum Gasteiger partial charge on any atom is 0.471 e. The van der Waals surface area contributed by atoms with Crippen LogP contribution >= 0.6 is 0 Å². The third-order valence-electron chi connectivity index (χ3n) is 4.30. The topological polar surface area (TPSA) is 61.9 Å². The summed E-state index contributed by atoms with van der Waals surface area (Å²) in [5.74, 6) is -1.79. The molecule has 0 saturated carbocycles. The Balaban J connectivity index is 1.91. The van der Waals surface area contributed by atoms with Gasteiger partial charge in [-0.2, -0.15) is 13.2 Å². The molecule has 0 bridgehead atoms. The van der Waals surface area contributed by atoms with Crippen molar-refractivity contribution in [1.29, 1.82) is 0 Å². The number of halogens is 3. The third-order valence-corrected chi connectivity index (χ3v) is 4.30. The summed E-state index contributed by atoms with van der Waals surface area (Å²) in [4.78, 5) is 25.9. The Morgan fingerprint density at radius 2 is 1.57 bits per heavy atom. The van der Waals surface area contributed by atoms with Crippen molar-refractivity contribution < 1.29 is 27.5 Å². The van der Waals surface area contributed by atoms with E-state index in [1.165, 1.54) is 0 Å². The molecule has 1 heterocycles. The predicted octanol–water partition coefficient (Wildman–Crippen LogP) is 3.48. The molecule has 1 atom stereocenters. The van der Waals surface area contributed by atoms with Gasteiger partial charge in [0, 0.05) is 31.9 Å². The van der Waals surface area contributed by atoms with Crippen molar-refractivity contribution in [3.05, 3.63) is 29.8 Å². The zero-order valence-electron chi connectivity index (χ0n) is 16.5. The molecular formula is C19H26F3N3O3. The largest absolute Gasteiger partial charge is 0.471 e. The van der Waals surface area contributed by atoms with Gasteiger partial charge in [-0.05, 0) is 45.4 Å². The Labute approximate surface area is 162 Å². The first-order valence-electron chi connectivity index (χ1n) is 9.07. The van der Waals surface area contributed by atoms with Gasteiger partial charge in [-0.1, -0.05) is 12.1 Å². The number of hydrogen-bond acceptors (Lipinski definition) is 4. The molecule has 0 aromatic heterocycles. The summed E-state index contributed by atoms with van der Waals surface area (Å²) in [5.41, 5.74) is 1.15. The Hall–Kier alpha value is -2.45. The van der Waals surface area contributed by atoms with Crippen LogP contribution in [0.3, 0.4) is 0 Å². The summed E-state index contributed by atoms with van der Waals surface area (Å²) < 4.78 is 42.8. The number of alkyl halides is 3. The molecule has 2 amide bonds. The Morgan fingerprint density at radius 3 is 2.04 bits per heavy atom. The molecule has 0 unspecified atom stereocenters. The van der Waals surface area contributed by atoms with Crippen molar-refractivity contribution in [3.8, 4) is 0 Å². The smallest absolute Gasteiger partial charge is 0.444 e. The van der Waals surface area contributed by atoms with E-state index in [0.29, 0.717) is 13.1 Å². The normalized spacial score (nSPS) is 16.5. The number of rotatable bonds is 3. The van der Waals surface area contributed by atoms with Crippen molar-refractivity contribution >= 4 is 17.7 Å². The van der Waals surface area contributed by atoms with Gasteiger partial charge in [0.15, 0.2) is 0 Å². The highest BCUT2D eigenvalue weighted by atomic mass is 19.4. The maximum atomic E-state index is 12.5. The van der Waals surface area contributed by atoms with Crippen molar-refractivity contribution in [2.45, 2.75) is 45.5 Å². The average Bonchev–Trinajstić information content (AvgIpc) is 2.59. The van der Waals surface area contributed by atoms with E-state index in [4.69, 9.17) is 4.74 Å². The molecular weight excluding hydrogens is 375 g/mol. The molecule has 2 rings (SSSR count). The summed E-state index contributed by atoms with van der Waals surface area (Å²) in [6.45, 7) is 7.89. The predicted molar refractivity (Wildman–Crippen MR) is 99.1 cm³/mol. The second-order valence-electron chi connectivity index (χ2n) is 7.74. The minimum atomic E-state index is -4.83. The van der Waals surface area contributed by atoms with Crippen LogP contribution in [0.5, 0.6) is 0 Å². The molecule has 28 heavy (non-hydrogen) atoms. The number of nitrogens with one attached hydrogen (secondary N) is 1. The lowest BCUT2D eigenvalue weighted by atomic mass is 10.1. The summed E-state index contributed by atoms with van der Waals surface area (Å²) in [7, 11) is 0. The number of amides is 2. The number of hydrogen-bond donors (Lipinski definition) is 1. The van der Waals surface area contributed by atoms with Crippen molar-refractivity contribution in [2.75, 3.05) is 31.1 Å². The number of ether oxygens (including phenoxy) is 1. The summed E-state index contributed by atoms with van der Waals surface area (Å²) in [6.07, 6.45) is -5.34. The molecule has 1 aliphatic rings. The molecule has 6 nitrogen and oxygen atoms in total. The number of carbonyl (C=O) groups is 2. The number of benzene rings is 1. The molecule has 1 aromatic rings. The number of carbonyl (C=O) groups excluding carboxylic acids is 2. The van der Waals surface area contributed by atoms with E-state index in [-0.39, 0.29) is 19.1 Å². The van der Waals surface area contributed by atoms with Crippen LogP contribution in [-0.2, 0) is 9.53 Å². The van der Waals surface area contributed by atoms with Crippen molar-refractivity contribution in [1.82, 2.24) is 10.2 Å². The molecule has 1 aromatic carbocycles. The lowest BCUT2D eigenvalue weighted by molar-refractivity contribution is -0.185. The second-order valence-corrected chi connectivity index (χ2v) is 7.74. The van der Waals surface area contributed by atoms with Crippen LogP contribution in [0.15, 0.2) is 24.3 Å². The maximum absolute atomic E-state index is 12.5. The standard InChI is InChI=1S/C19H26F3N3O3/c1-13(23-17(27)28-18(2,3)4)14-5-7-15(8-6-14)24-9-11-25(12-10-24)16(26)19(20,21)22/h5-8,13H,9-12H2,1-4H3,(H,23,27)/t13-/m0/s1. The molecule has 0 aliphatic carbocycles. The van der Waals surface area contributed by atoms with Crippen LogP contribution in [0.4, 0.5) is 23.7 Å². The number of anilines is 1. The Kier molecular flexibility index (Phi) is 6.46. The van der Waals surface area contributed by atoms with Gasteiger partial charge in [0.2, 0.25) is 0 Å². The van der Waals surface area contributed by atoms with Crippen molar-refractivity contribution in [3.63, 3.8) is 0 Å². The van der Waals surface area contributed by atoms with Gasteiger partial charge in [-0.25, -0.2) is 4.79 Å². The van der Waals surface area contributed by atoms with Crippen LogP contribution in [0.25, 0.3) is 0 Å².